The highest BCUT2D eigenvalue weighted by molar-refractivity contribution is 7.05. The van der Waals surface area contributed by atoms with Crippen molar-refractivity contribution in [1.29, 1.82) is 0 Å². The number of rotatable bonds is 7. The van der Waals surface area contributed by atoms with Crippen molar-refractivity contribution in [2.45, 2.75) is 138 Å². The lowest BCUT2D eigenvalue weighted by atomic mass is 9.28. The van der Waals surface area contributed by atoms with E-state index in [4.69, 9.17) is 0 Å². The summed E-state index contributed by atoms with van der Waals surface area (Å²) in [5.41, 5.74) is 47.2. The van der Waals surface area contributed by atoms with Crippen LogP contribution in [0.25, 0.3) is 32.3 Å². The van der Waals surface area contributed by atoms with E-state index in [1.807, 2.05) is 0 Å². The van der Waals surface area contributed by atoms with Gasteiger partial charge in [0.15, 0.2) is 7.28 Å². The smallest absolute Gasteiger partial charge is 0.252 e. The lowest BCUT2D eigenvalue weighted by Crippen LogP contribution is -2.71. The third kappa shape index (κ3) is 6.74. The predicted molar refractivity (Wildman–Crippen MR) is 426 cm³/mol. The van der Waals surface area contributed by atoms with Crippen molar-refractivity contribution in [1.82, 2.24) is 0 Å². The molecule has 11 heterocycles. The maximum absolute atomic E-state index is 4.64. The molecule has 1 radical (unpaired) electrons. The highest BCUT2D eigenvalue weighted by Crippen LogP contribution is 2.57. The molecule has 11 aromatic rings. The van der Waals surface area contributed by atoms with Gasteiger partial charge in [-0.15, -0.1) is 0 Å². The van der Waals surface area contributed by atoms with E-state index in [9.17, 15) is 0 Å². The van der Waals surface area contributed by atoms with E-state index in [1.54, 1.807) is 16.4 Å². The van der Waals surface area contributed by atoms with Crippen LogP contribution in [0.4, 0.5) is 73.9 Å². The van der Waals surface area contributed by atoms with Gasteiger partial charge in [-0.3, -0.25) is 0 Å². The van der Waals surface area contributed by atoms with Crippen molar-refractivity contribution in [3.63, 3.8) is 0 Å². The Morgan fingerprint density at radius 1 is 0.320 bits per heavy atom. The molecule has 0 atom stereocenters. The van der Waals surface area contributed by atoms with E-state index in [2.05, 4.69) is 261 Å². The van der Waals surface area contributed by atoms with Gasteiger partial charge in [-0.1, -0.05) is 193 Å². The first-order valence-electron chi connectivity index (χ1n) is 37.1. The van der Waals surface area contributed by atoms with Gasteiger partial charge in [0.1, 0.15) is 0 Å². The summed E-state index contributed by atoms with van der Waals surface area (Å²) < 4.78 is 0. The lowest BCUT2D eigenvalue weighted by molar-refractivity contribution is 0.866. The van der Waals surface area contributed by atoms with E-state index in [0.717, 1.165) is 25.8 Å². The number of nitrogens with zero attached hydrogens (tertiary/aromatic N) is 5. The van der Waals surface area contributed by atoms with Gasteiger partial charge in [0.25, 0.3) is 13.4 Å². The summed E-state index contributed by atoms with van der Waals surface area (Å²) in [5, 5.41) is 13.5. The normalized spacial score (nSPS) is 16.4. The zero-order chi connectivity index (χ0) is 65.4. The summed E-state index contributed by atoms with van der Waals surface area (Å²) in [6, 6.07) is 53.5. The summed E-state index contributed by atoms with van der Waals surface area (Å²) in [4.78, 5) is 14.3. The van der Waals surface area contributed by atoms with Crippen LogP contribution in [-0.2, 0) is 0 Å². The van der Waals surface area contributed by atoms with Crippen LogP contribution in [0.3, 0.4) is 0 Å². The molecule has 0 aliphatic carbocycles. The molecule has 11 aromatic carbocycles. The first-order valence-corrected chi connectivity index (χ1v) is 37.1. The number of anilines is 13. The van der Waals surface area contributed by atoms with Crippen LogP contribution in [-0.4, -0.2) is 66.6 Å². The Morgan fingerprint density at radius 2 is 0.680 bits per heavy atom. The van der Waals surface area contributed by atoms with E-state index < -0.39 is 0 Å². The number of hydrogen-bond acceptors (Lipinski definition) is 6. The minimum absolute atomic E-state index is 0.0337. The molecule has 0 saturated carbocycles. The fourth-order valence-electron chi connectivity index (χ4n) is 21.3. The Balaban J connectivity index is 0.977. The molecule has 0 amide bonds. The van der Waals surface area contributed by atoms with E-state index in [1.165, 1.54) is 200 Å². The molecule has 97 heavy (non-hydrogen) atoms. The first kappa shape index (κ1) is 56.4. The Hall–Kier alpha value is -8.61. The highest BCUT2D eigenvalue weighted by Gasteiger charge is 2.58. The second kappa shape index (κ2) is 18.8. The Labute approximate surface area is 574 Å². The van der Waals surface area contributed by atoms with Crippen LogP contribution in [0.2, 0.25) is 0 Å². The quantitative estimate of drug-likeness (QED) is 0.0971. The van der Waals surface area contributed by atoms with Crippen LogP contribution in [0, 0.1) is 0 Å². The number of nitrogens with one attached hydrogen (secondary N) is 1. The molecule has 11 aliphatic heterocycles. The lowest BCUT2D eigenvalue weighted by Gasteiger charge is -2.55. The van der Waals surface area contributed by atoms with Gasteiger partial charge >= 0.3 is 0 Å². The predicted octanol–water partition coefficient (Wildman–Crippen LogP) is 11.8. The Bertz CT molecular complexity index is 5590. The summed E-state index contributed by atoms with van der Waals surface area (Å²) in [5.74, 6) is 2.72. The molecule has 467 valence electrons. The standard InChI is InChI=1S/C85H79B6N6/c1-40(2)47-15-22-61-54(29-47)86-74-68-69-72-75-73-70-76-85-79-83(73)94(63-24-17-50(43(7)8)32-57(63)91(79)60-35-53(46(13)14)21-28-67(60)97(85)65-26-19-49(42(5)6)31-56(65)88(76)36-92-80(69)70)38-87(75)37-93-62-23-16-48(41(3)4)30-55(62)89-39-95-64-25-18-51(44(9)10)33-58(64)90-59-34-52(45(11)12)20-27-66(59)96(61)84(74)78(90)82(95)71(68)77(89)81(72)93/h15-35,40-46,92H,36-39H2,1-14H3. The molecule has 22 rings (SSSR count). The van der Waals surface area contributed by atoms with Gasteiger partial charge in [0.05, 0.1) is 0 Å². The minimum atomic E-state index is 0.0337. The van der Waals surface area contributed by atoms with Crippen molar-refractivity contribution in [3.8, 4) is 0 Å². The van der Waals surface area contributed by atoms with Gasteiger partial charge < -0.3 is 29.8 Å². The zero-order valence-corrected chi connectivity index (χ0v) is 58.7. The van der Waals surface area contributed by atoms with E-state index >= 15 is 0 Å². The largest absolute Gasteiger partial charge is 0.391 e. The van der Waals surface area contributed by atoms with Crippen LogP contribution >= 0.6 is 0 Å². The van der Waals surface area contributed by atoms with Crippen molar-refractivity contribution >= 4 is 218 Å². The molecule has 0 fully saturated rings. The van der Waals surface area contributed by atoms with Gasteiger partial charge in [-0.25, -0.2) is 0 Å². The molecule has 1 N–H and O–H groups in total. The van der Waals surface area contributed by atoms with Crippen LogP contribution < -0.4 is 101 Å². The topological polar surface area (TPSA) is 28.2 Å². The molecule has 0 unspecified atom stereocenters. The summed E-state index contributed by atoms with van der Waals surface area (Å²) in [6.07, 6.45) is 3.52. The fraction of sp³-hybridized carbons (Fsp3) is 0.294. The van der Waals surface area contributed by atoms with Crippen molar-refractivity contribution in [2.24, 2.45) is 0 Å². The van der Waals surface area contributed by atoms with E-state index in [0.29, 0.717) is 41.4 Å². The molecule has 0 aromatic heterocycles. The Kier molecular flexibility index (Phi) is 10.9. The monoisotopic (exact) mass is 1250 g/mol. The van der Waals surface area contributed by atoms with Gasteiger partial charge in [0, 0.05) is 127 Å². The Morgan fingerprint density at radius 3 is 1.19 bits per heavy atom. The van der Waals surface area contributed by atoms with Crippen molar-refractivity contribution in [3.05, 3.63) is 166 Å². The molecule has 6 nitrogen and oxygen atoms in total. The zero-order valence-electron chi connectivity index (χ0n) is 58.7. The second-order valence-electron chi connectivity index (χ2n) is 33.4. The SMILES string of the molecule is CC(C)c1ccc2c(c1)[B]c1c3c4c5c6c7c8c9c%10c%11c%12c%13c%14c%15c%11c(c9c16)NCB%15c1cc(C(C)C)ccc1N%14c1ccc(C(C)C)cc1B%13c1cc(C(C)C)ccc1N%12CB%10CN8c1ccc(C(C)C)cc1B7CN5c1ccc(C(C)C)cc1B4c1cc(C(C)C)ccc1N23. The summed E-state index contributed by atoms with van der Waals surface area (Å²) in [6.45, 7) is 34.0. The molecular weight excluding hydrogens is 1170 g/mol. The van der Waals surface area contributed by atoms with Gasteiger partial charge in [-0.05, 0) is 188 Å². The van der Waals surface area contributed by atoms with Crippen LogP contribution in [0.5, 0.6) is 0 Å². The third-order valence-corrected chi connectivity index (χ3v) is 26.1. The fourth-order valence-corrected chi connectivity index (χ4v) is 21.3. The molecule has 0 saturated heterocycles. The number of hydrogen-bond donors (Lipinski definition) is 1. The van der Waals surface area contributed by atoms with Gasteiger partial charge in [-0.2, -0.15) is 0 Å². The maximum Gasteiger partial charge on any atom is 0.252 e. The average Bonchev–Trinajstić information content (AvgIpc) is 0.642. The third-order valence-electron chi connectivity index (χ3n) is 26.1. The minimum Gasteiger partial charge on any atom is -0.391 e. The number of benzene rings is 11. The maximum atomic E-state index is 4.64. The number of fused-ring (bicyclic) bond motifs is 23. The second-order valence-corrected chi connectivity index (χ2v) is 33.4. The molecule has 12 heteroatoms. The van der Waals surface area contributed by atoms with Crippen molar-refractivity contribution in [2.75, 3.05) is 55.6 Å². The van der Waals surface area contributed by atoms with Crippen LogP contribution in [0.15, 0.2) is 127 Å². The summed E-state index contributed by atoms with van der Waals surface area (Å²) in [7, 11) is 2.72. The molecule has 0 bridgehead atoms. The van der Waals surface area contributed by atoms with Crippen molar-refractivity contribution < 1.29 is 0 Å². The van der Waals surface area contributed by atoms with Crippen LogP contribution in [0.1, 0.15) is 177 Å². The summed E-state index contributed by atoms with van der Waals surface area (Å²) >= 11 is 0. The molecular formula is C85H79B6N6. The average molecular weight is 1250 g/mol. The highest BCUT2D eigenvalue weighted by atomic mass is 15.2. The first-order chi connectivity index (χ1) is 46.9. The molecule has 0 spiro atoms. The molecule has 11 aliphatic rings. The van der Waals surface area contributed by atoms with E-state index in [-0.39, 0.29) is 33.6 Å². The van der Waals surface area contributed by atoms with Gasteiger partial charge in [0.2, 0.25) is 20.1 Å².